The van der Waals surface area contributed by atoms with Crippen molar-refractivity contribution in [3.63, 3.8) is 0 Å². The average molecular weight is 329 g/mol. The Morgan fingerprint density at radius 2 is 1.90 bits per heavy atom. The molecule has 0 heterocycles. The van der Waals surface area contributed by atoms with Crippen molar-refractivity contribution in [3.8, 4) is 0 Å². The van der Waals surface area contributed by atoms with Crippen LogP contribution in [0.3, 0.4) is 0 Å². The minimum atomic E-state index is 0.0858. The number of carbonyl (C=O) groups excluding carboxylic acids is 1. The molecule has 1 N–H and O–H groups in total. The van der Waals surface area contributed by atoms with Gasteiger partial charge in [0.25, 0.3) is 0 Å². The summed E-state index contributed by atoms with van der Waals surface area (Å²) >= 11 is 7.51. The van der Waals surface area contributed by atoms with Gasteiger partial charge in [-0.3, -0.25) is 4.79 Å². The van der Waals surface area contributed by atoms with Gasteiger partial charge in [0.2, 0.25) is 5.91 Å². The fourth-order valence-corrected chi connectivity index (χ4v) is 3.11. The summed E-state index contributed by atoms with van der Waals surface area (Å²) in [5.74, 6) is 0.894. The second-order valence-electron chi connectivity index (χ2n) is 6.23. The molecule has 0 saturated heterocycles. The van der Waals surface area contributed by atoms with E-state index in [1.807, 2.05) is 38.4 Å². The molecule has 0 radical (unpaired) electrons. The number of benzene rings is 1. The number of thioether (sulfide) groups is 1. The third kappa shape index (κ3) is 8.34. The Morgan fingerprint density at radius 3 is 2.48 bits per heavy atom. The lowest BCUT2D eigenvalue weighted by atomic mass is 9.93. The van der Waals surface area contributed by atoms with Crippen molar-refractivity contribution in [1.82, 2.24) is 10.2 Å². The van der Waals surface area contributed by atoms with Gasteiger partial charge in [0.1, 0.15) is 0 Å². The molecule has 0 spiro atoms. The summed E-state index contributed by atoms with van der Waals surface area (Å²) in [4.78, 5) is 15.1. The number of hydrogen-bond acceptors (Lipinski definition) is 3. The number of rotatable bonds is 8. The maximum absolute atomic E-state index is 11.9. The first-order valence-electron chi connectivity index (χ1n) is 7.08. The lowest BCUT2D eigenvalue weighted by Gasteiger charge is -2.28. The van der Waals surface area contributed by atoms with E-state index in [-0.39, 0.29) is 11.3 Å². The summed E-state index contributed by atoms with van der Waals surface area (Å²) in [6.07, 6.45) is 0.533. The van der Waals surface area contributed by atoms with Crippen LogP contribution in [0.1, 0.15) is 20.3 Å². The summed E-state index contributed by atoms with van der Waals surface area (Å²) in [5, 5.41) is 3.76. The molecule has 0 aliphatic rings. The minimum Gasteiger partial charge on any atom is -0.355 e. The lowest BCUT2D eigenvalue weighted by molar-refractivity contribution is -0.121. The van der Waals surface area contributed by atoms with E-state index in [1.165, 1.54) is 0 Å². The van der Waals surface area contributed by atoms with Crippen molar-refractivity contribution in [3.05, 3.63) is 29.3 Å². The van der Waals surface area contributed by atoms with Crippen molar-refractivity contribution in [1.29, 1.82) is 0 Å². The van der Waals surface area contributed by atoms with Gasteiger partial charge >= 0.3 is 0 Å². The highest BCUT2D eigenvalue weighted by Gasteiger charge is 2.19. The van der Waals surface area contributed by atoms with E-state index in [0.717, 1.165) is 22.2 Å². The van der Waals surface area contributed by atoms with Crippen LogP contribution in [-0.2, 0) is 4.79 Å². The zero-order valence-electron chi connectivity index (χ0n) is 13.3. The molecule has 0 unspecified atom stereocenters. The molecule has 118 valence electrons. The van der Waals surface area contributed by atoms with Crippen LogP contribution in [0.5, 0.6) is 0 Å². The van der Waals surface area contributed by atoms with Crippen molar-refractivity contribution in [2.45, 2.75) is 25.2 Å². The Balaban J connectivity index is 2.23. The summed E-state index contributed by atoms with van der Waals surface area (Å²) < 4.78 is 0. The SMILES string of the molecule is CN(C)CC(C)(C)CNC(=O)CCSc1ccc(Cl)cc1. The Labute approximate surface area is 137 Å². The predicted octanol–water partition coefficient (Wildman–Crippen LogP) is 3.53. The predicted molar refractivity (Wildman–Crippen MR) is 92.1 cm³/mol. The molecule has 0 aromatic heterocycles. The Kier molecular flexibility index (Phi) is 7.57. The highest BCUT2D eigenvalue weighted by molar-refractivity contribution is 7.99. The molecule has 5 heteroatoms. The normalized spacial score (nSPS) is 11.7. The van der Waals surface area contributed by atoms with Crippen LogP contribution in [0.15, 0.2) is 29.2 Å². The number of halogens is 1. The van der Waals surface area contributed by atoms with E-state index in [1.54, 1.807) is 11.8 Å². The van der Waals surface area contributed by atoms with Crippen LogP contribution in [0, 0.1) is 5.41 Å². The van der Waals surface area contributed by atoms with E-state index in [4.69, 9.17) is 11.6 Å². The summed E-state index contributed by atoms with van der Waals surface area (Å²) in [6.45, 7) is 5.98. The lowest BCUT2D eigenvalue weighted by Crippen LogP contribution is -2.40. The molecule has 0 bridgehead atoms. The van der Waals surface area contributed by atoms with Crippen molar-refractivity contribution in [2.24, 2.45) is 5.41 Å². The van der Waals surface area contributed by atoms with Gasteiger partial charge in [0, 0.05) is 35.2 Å². The number of carbonyl (C=O) groups is 1. The van der Waals surface area contributed by atoms with Gasteiger partial charge in [-0.2, -0.15) is 0 Å². The van der Waals surface area contributed by atoms with Crippen LogP contribution in [0.25, 0.3) is 0 Å². The Morgan fingerprint density at radius 1 is 1.29 bits per heavy atom. The van der Waals surface area contributed by atoms with Crippen LogP contribution in [-0.4, -0.2) is 43.7 Å². The first-order valence-corrected chi connectivity index (χ1v) is 8.45. The highest BCUT2D eigenvalue weighted by Crippen LogP contribution is 2.21. The molecule has 21 heavy (non-hydrogen) atoms. The van der Waals surface area contributed by atoms with Crippen molar-refractivity contribution in [2.75, 3.05) is 32.9 Å². The van der Waals surface area contributed by atoms with E-state index < -0.39 is 0 Å². The summed E-state index contributed by atoms with van der Waals surface area (Å²) in [5.41, 5.74) is 0.0858. The Hall–Kier alpha value is -0.710. The maximum Gasteiger partial charge on any atom is 0.220 e. The monoisotopic (exact) mass is 328 g/mol. The maximum atomic E-state index is 11.9. The third-order valence-electron chi connectivity index (χ3n) is 2.92. The molecule has 1 aromatic carbocycles. The zero-order chi connectivity index (χ0) is 15.9. The second-order valence-corrected chi connectivity index (χ2v) is 7.84. The molecule has 0 atom stereocenters. The van der Waals surface area contributed by atoms with Crippen LogP contribution in [0.4, 0.5) is 0 Å². The van der Waals surface area contributed by atoms with E-state index in [9.17, 15) is 4.79 Å². The summed E-state index contributed by atoms with van der Waals surface area (Å²) in [7, 11) is 4.10. The molecule has 0 aliphatic heterocycles. The number of nitrogens with one attached hydrogen (secondary N) is 1. The van der Waals surface area contributed by atoms with Gasteiger partial charge in [0.15, 0.2) is 0 Å². The van der Waals surface area contributed by atoms with Gasteiger partial charge in [-0.05, 0) is 43.8 Å². The van der Waals surface area contributed by atoms with E-state index in [0.29, 0.717) is 13.0 Å². The molecule has 0 aliphatic carbocycles. The number of amides is 1. The molecule has 1 rings (SSSR count). The second kappa shape index (κ2) is 8.66. The molecule has 0 saturated carbocycles. The molecule has 1 amide bonds. The quantitative estimate of drug-likeness (QED) is 0.741. The first kappa shape index (κ1) is 18.3. The standard InChI is InChI=1S/C16H25ClN2OS/c1-16(2,12-19(3)4)11-18-15(20)9-10-21-14-7-5-13(17)6-8-14/h5-8H,9-12H2,1-4H3,(H,18,20). The molecular formula is C16H25ClN2OS. The third-order valence-corrected chi connectivity index (χ3v) is 4.19. The van der Waals surface area contributed by atoms with Crippen molar-refractivity contribution < 1.29 is 4.79 Å². The molecule has 0 fully saturated rings. The Bertz CT molecular complexity index is 446. The zero-order valence-corrected chi connectivity index (χ0v) is 14.9. The minimum absolute atomic E-state index is 0.0858. The van der Waals surface area contributed by atoms with E-state index in [2.05, 4.69) is 24.1 Å². The average Bonchev–Trinajstić information content (AvgIpc) is 2.37. The topological polar surface area (TPSA) is 32.3 Å². The van der Waals surface area contributed by atoms with Gasteiger partial charge in [0.05, 0.1) is 0 Å². The van der Waals surface area contributed by atoms with E-state index >= 15 is 0 Å². The van der Waals surface area contributed by atoms with Crippen LogP contribution in [0.2, 0.25) is 5.02 Å². The fraction of sp³-hybridized carbons (Fsp3) is 0.562. The van der Waals surface area contributed by atoms with Gasteiger partial charge < -0.3 is 10.2 Å². The van der Waals surface area contributed by atoms with Gasteiger partial charge in [-0.1, -0.05) is 25.4 Å². The largest absolute Gasteiger partial charge is 0.355 e. The summed E-state index contributed by atoms with van der Waals surface area (Å²) in [6, 6.07) is 7.69. The van der Waals surface area contributed by atoms with Crippen LogP contribution < -0.4 is 5.32 Å². The molecule has 3 nitrogen and oxygen atoms in total. The highest BCUT2D eigenvalue weighted by atomic mass is 35.5. The van der Waals surface area contributed by atoms with Gasteiger partial charge in [-0.15, -0.1) is 11.8 Å². The fourth-order valence-electron chi connectivity index (χ4n) is 2.13. The van der Waals surface area contributed by atoms with Crippen molar-refractivity contribution >= 4 is 29.3 Å². The molecular weight excluding hydrogens is 304 g/mol. The van der Waals surface area contributed by atoms with Gasteiger partial charge in [-0.25, -0.2) is 0 Å². The molecule has 1 aromatic rings. The number of hydrogen-bond donors (Lipinski definition) is 1. The van der Waals surface area contributed by atoms with Crippen LogP contribution >= 0.6 is 23.4 Å². The number of nitrogens with zero attached hydrogens (tertiary/aromatic N) is 1. The first-order chi connectivity index (χ1) is 9.78. The smallest absolute Gasteiger partial charge is 0.220 e.